The first-order valence-electron chi connectivity index (χ1n) is 12.7. The van der Waals surface area contributed by atoms with Crippen LogP contribution in [0.5, 0.6) is 0 Å². The van der Waals surface area contributed by atoms with Gasteiger partial charge in [0.2, 0.25) is 0 Å². The van der Waals surface area contributed by atoms with Gasteiger partial charge in [-0.25, -0.2) is 0 Å². The topological polar surface area (TPSA) is 49.7 Å². The van der Waals surface area contributed by atoms with Crippen molar-refractivity contribution in [1.82, 2.24) is 0 Å². The Hall–Kier alpha value is 0.0969. The lowest BCUT2D eigenvalue weighted by molar-refractivity contribution is -0.164. The number of aliphatic hydroxyl groups excluding tert-OH is 1. The molecule has 0 amide bonds. The molecule has 0 bridgehead atoms. The summed E-state index contributed by atoms with van der Waals surface area (Å²) in [5.74, 6) is 2.68. The molecule has 0 aliphatic heterocycles. The predicted molar refractivity (Wildman–Crippen MR) is 126 cm³/mol. The number of fused-ring (bicyclic) bond motifs is 5. The highest BCUT2D eigenvalue weighted by Crippen LogP contribution is 2.68. The molecule has 174 valence electrons. The zero-order valence-electron chi connectivity index (χ0n) is 20.9. The molecular weight excluding hydrogens is 388 g/mol. The van der Waals surface area contributed by atoms with Gasteiger partial charge in [-0.1, -0.05) is 34.6 Å². The molecule has 9 atom stereocenters. The molecule has 0 heterocycles. The summed E-state index contributed by atoms with van der Waals surface area (Å²) in [6.45, 7) is 18.6. The van der Waals surface area contributed by atoms with Gasteiger partial charge in [0.1, 0.15) is 0 Å². The standard InChI is InChI=1S/C26H48O3Si/c1-23(2,3)30(7,8)29-18-11-13-24(4)17(15-18)9-10-19-20(24)12-14-25(5)21(19)16-22(27)26(25,6)28/h17-22,27-28H,9-16H2,1-8H3/t17-,18-,19+,20-,21-,22-,24-,25-,26-/m0/s1. The fourth-order valence-electron chi connectivity index (χ4n) is 8.15. The summed E-state index contributed by atoms with van der Waals surface area (Å²) < 4.78 is 6.87. The van der Waals surface area contributed by atoms with Crippen molar-refractivity contribution in [3.63, 3.8) is 0 Å². The van der Waals surface area contributed by atoms with E-state index in [0.717, 1.165) is 24.7 Å². The lowest BCUT2D eigenvalue weighted by Gasteiger charge is -2.61. The Balaban J connectivity index is 1.50. The molecule has 0 aromatic rings. The Bertz CT molecular complexity index is 668. The van der Waals surface area contributed by atoms with Gasteiger partial charge in [0.25, 0.3) is 0 Å². The largest absolute Gasteiger partial charge is 0.414 e. The highest BCUT2D eigenvalue weighted by molar-refractivity contribution is 6.74. The van der Waals surface area contributed by atoms with Crippen molar-refractivity contribution in [2.75, 3.05) is 0 Å². The summed E-state index contributed by atoms with van der Waals surface area (Å²) in [7, 11) is -1.71. The second-order valence-electron chi connectivity index (χ2n) is 13.8. The first-order valence-corrected chi connectivity index (χ1v) is 15.6. The number of rotatable bonds is 2. The van der Waals surface area contributed by atoms with Crippen LogP contribution in [-0.2, 0) is 4.43 Å². The van der Waals surface area contributed by atoms with Crippen LogP contribution in [0.1, 0.15) is 92.9 Å². The van der Waals surface area contributed by atoms with E-state index in [9.17, 15) is 10.2 Å². The summed E-state index contributed by atoms with van der Waals surface area (Å²) in [6, 6.07) is 0. The SMILES string of the molecule is CC(C)(C)[Si](C)(C)O[C@H]1CC[C@@]2(C)[C@@H](CC[C@@H]3[C@@H]2CC[C@@]2(C)[C@H]3C[C@H](O)[C@]2(C)O)C1. The summed E-state index contributed by atoms with van der Waals surface area (Å²) in [4.78, 5) is 0. The fourth-order valence-corrected chi connectivity index (χ4v) is 9.55. The predicted octanol–water partition coefficient (Wildman–Crippen LogP) is 6.14. The Morgan fingerprint density at radius 3 is 2.20 bits per heavy atom. The van der Waals surface area contributed by atoms with Crippen LogP contribution in [-0.4, -0.2) is 36.3 Å². The van der Waals surface area contributed by atoms with Gasteiger partial charge in [-0.2, -0.15) is 0 Å². The zero-order chi connectivity index (χ0) is 22.3. The Labute approximate surface area is 186 Å². The molecule has 0 spiro atoms. The lowest BCUT2D eigenvalue weighted by atomic mass is 9.44. The molecule has 4 saturated carbocycles. The highest BCUT2D eigenvalue weighted by Gasteiger charge is 2.66. The summed E-state index contributed by atoms with van der Waals surface area (Å²) in [5.41, 5.74) is -0.647. The van der Waals surface area contributed by atoms with Crippen molar-refractivity contribution < 1.29 is 14.6 Å². The van der Waals surface area contributed by atoms with E-state index in [-0.39, 0.29) is 10.5 Å². The fraction of sp³-hybridized carbons (Fsp3) is 1.00. The van der Waals surface area contributed by atoms with Crippen LogP contribution in [0.25, 0.3) is 0 Å². The van der Waals surface area contributed by atoms with E-state index in [4.69, 9.17) is 4.43 Å². The average molecular weight is 437 g/mol. The van der Waals surface area contributed by atoms with Crippen LogP contribution in [0.2, 0.25) is 18.1 Å². The summed E-state index contributed by atoms with van der Waals surface area (Å²) >= 11 is 0. The van der Waals surface area contributed by atoms with Gasteiger partial charge in [-0.15, -0.1) is 0 Å². The Morgan fingerprint density at radius 1 is 0.900 bits per heavy atom. The van der Waals surface area contributed by atoms with E-state index in [2.05, 4.69) is 47.7 Å². The smallest absolute Gasteiger partial charge is 0.192 e. The van der Waals surface area contributed by atoms with Crippen LogP contribution >= 0.6 is 0 Å². The average Bonchev–Trinajstić information content (AvgIpc) is 2.80. The molecule has 30 heavy (non-hydrogen) atoms. The zero-order valence-corrected chi connectivity index (χ0v) is 21.9. The second kappa shape index (κ2) is 7.05. The molecule has 4 rings (SSSR count). The van der Waals surface area contributed by atoms with Crippen molar-refractivity contribution in [1.29, 1.82) is 0 Å². The van der Waals surface area contributed by atoms with Gasteiger partial charge in [-0.3, -0.25) is 0 Å². The first-order chi connectivity index (χ1) is 13.6. The van der Waals surface area contributed by atoms with Crippen molar-refractivity contribution in [2.45, 2.75) is 129 Å². The first kappa shape index (κ1) is 23.3. The maximum absolute atomic E-state index is 11.2. The van der Waals surface area contributed by atoms with E-state index in [1.807, 2.05) is 6.92 Å². The molecule has 4 fully saturated rings. The monoisotopic (exact) mass is 436 g/mol. The van der Waals surface area contributed by atoms with Gasteiger partial charge in [0, 0.05) is 11.5 Å². The van der Waals surface area contributed by atoms with Gasteiger partial charge in [0.05, 0.1) is 11.7 Å². The van der Waals surface area contributed by atoms with Crippen LogP contribution in [0, 0.1) is 34.5 Å². The minimum absolute atomic E-state index is 0.126. The molecule has 4 heteroatoms. The lowest BCUT2D eigenvalue weighted by Crippen LogP contribution is -2.57. The van der Waals surface area contributed by atoms with E-state index in [1.54, 1.807) is 0 Å². The highest BCUT2D eigenvalue weighted by atomic mass is 28.4. The van der Waals surface area contributed by atoms with Crippen LogP contribution in [0.4, 0.5) is 0 Å². The molecular formula is C26H48O3Si. The minimum atomic E-state index is -1.71. The third kappa shape index (κ3) is 3.22. The Kier molecular flexibility index (Phi) is 5.46. The summed E-state index contributed by atoms with van der Waals surface area (Å²) in [5, 5.41) is 22.1. The van der Waals surface area contributed by atoms with E-state index >= 15 is 0 Å². The maximum atomic E-state index is 11.2. The molecule has 2 N–H and O–H groups in total. The van der Waals surface area contributed by atoms with Crippen molar-refractivity contribution in [2.24, 2.45) is 34.5 Å². The minimum Gasteiger partial charge on any atom is -0.414 e. The molecule has 0 aromatic carbocycles. The van der Waals surface area contributed by atoms with Crippen molar-refractivity contribution >= 4 is 8.32 Å². The van der Waals surface area contributed by atoms with E-state index in [1.165, 1.54) is 38.5 Å². The van der Waals surface area contributed by atoms with Gasteiger partial charge in [-0.05, 0) is 106 Å². The third-order valence-electron chi connectivity index (χ3n) is 11.6. The van der Waals surface area contributed by atoms with Crippen LogP contribution < -0.4 is 0 Å². The van der Waals surface area contributed by atoms with Crippen LogP contribution in [0.3, 0.4) is 0 Å². The van der Waals surface area contributed by atoms with Crippen LogP contribution in [0.15, 0.2) is 0 Å². The van der Waals surface area contributed by atoms with Crippen molar-refractivity contribution in [3.05, 3.63) is 0 Å². The molecule has 4 aliphatic rings. The number of hydrogen-bond donors (Lipinski definition) is 2. The van der Waals surface area contributed by atoms with E-state index in [0.29, 0.717) is 23.4 Å². The number of hydrogen-bond acceptors (Lipinski definition) is 3. The van der Waals surface area contributed by atoms with Gasteiger partial charge >= 0.3 is 0 Å². The van der Waals surface area contributed by atoms with Gasteiger partial charge < -0.3 is 14.6 Å². The van der Waals surface area contributed by atoms with Crippen molar-refractivity contribution in [3.8, 4) is 0 Å². The molecule has 0 unspecified atom stereocenters. The Morgan fingerprint density at radius 2 is 1.57 bits per heavy atom. The van der Waals surface area contributed by atoms with E-state index < -0.39 is 20.0 Å². The summed E-state index contributed by atoms with van der Waals surface area (Å²) in [6.07, 6.45) is 9.30. The molecule has 3 nitrogen and oxygen atoms in total. The molecule has 0 aromatic heterocycles. The maximum Gasteiger partial charge on any atom is 0.192 e. The molecule has 0 saturated heterocycles. The third-order valence-corrected chi connectivity index (χ3v) is 16.1. The molecule has 0 radical (unpaired) electrons. The number of aliphatic hydroxyl groups is 2. The van der Waals surface area contributed by atoms with Gasteiger partial charge in [0.15, 0.2) is 8.32 Å². The quantitative estimate of drug-likeness (QED) is 0.511. The second-order valence-corrected chi connectivity index (χ2v) is 18.5. The molecule has 4 aliphatic carbocycles. The normalized spacial score (nSPS) is 51.8.